The Labute approximate surface area is 244 Å². The Morgan fingerprint density at radius 1 is 0.833 bits per heavy atom. The molecule has 0 spiro atoms. The van der Waals surface area contributed by atoms with E-state index in [4.69, 9.17) is 9.97 Å². The summed E-state index contributed by atoms with van der Waals surface area (Å²) in [5.41, 5.74) is 7.39. The van der Waals surface area contributed by atoms with Gasteiger partial charge in [0.25, 0.3) is 10.0 Å². The van der Waals surface area contributed by atoms with Crippen LogP contribution in [0.15, 0.2) is 83.8 Å². The molecule has 0 unspecified atom stereocenters. The largest absolute Gasteiger partial charge is 0.337 e. The lowest BCUT2D eigenvalue weighted by Gasteiger charge is -2.11. The molecule has 2 aromatic heterocycles. The van der Waals surface area contributed by atoms with Gasteiger partial charge in [-0.05, 0) is 92.8 Å². The molecule has 0 saturated heterocycles. The predicted octanol–water partition coefficient (Wildman–Crippen LogP) is 5.50. The van der Waals surface area contributed by atoms with Crippen molar-refractivity contribution in [2.75, 3.05) is 6.54 Å². The van der Waals surface area contributed by atoms with Crippen molar-refractivity contribution in [3.05, 3.63) is 118 Å². The van der Waals surface area contributed by atoms with E-state index in [1.807, 2.05) is 51.1 Å². The molecule has 2 heterocycles. The minimum absolute atomic E-state index is 0.0303. The van der Waals surface area contributed by atoms with Gasteiger partial charge in [-0.25, -0.2) is 32.3 Å². The summed E-state index contributed by atoms with van der Waals surface area (Å²) in [7, 11) is -3.95. The van der Waals surface area contributed by atoms with Crippen LogP contribution in [-0.4, -0.2) is 35.5 Å². The summed E-state index contributed by atoms with van der Waals surface area (Å²) < 4.78 is 42.4. The zero-order valence-electron chi connectivity index (χ0n) is 23.7. The first-order valence-corrected chi connectivity index (χ1v) is 15.1. The maximum absolute atomic E-state index is 13.4. The minimum Gasteiger partial charge on any atom is -0.337 e. The van der Waals surface area contributed by atoms with Gasteiger partial charge in [0.15, 0.2) is 5.65 Å². The average molecular weight is 586 g/mol. The van der Waals surface area contributed by atoms with Crippen LogP contribution < -0.4 is 10.0 Å². The van der Waals surface area contributed by atoms with Gasteiger partial charge >= 0.3 is 6.03 Å². The molecule has 0 fully saturated rings. The maximum Gasteiger partial charge on any atom is 0.328 e. The average Bonchev–Trinajstić information content (AvgIpc) is 3.31. The number of hydrogen-bond acceptors (Lipinski definition) is 5. The number of sulfonamides is 1. The van der Waals surface area contributed by atoms with Gasteiger partial charge in [-0.3, -0.25) is 4.57 Å². The van der Waals surface area contributed by atoms with Crippen molar-refractivity contribution in [3.8, 4) is 5.69 Å². The van der Waals surface area contributed by atoms with Crippen molar-refractivity contribution in [2.24, 2.45) is 0 Å². The number of benzene rings is 3. The molecule has 42 heavy (non-hydrogen) atoms. The van der Waals surface area contributed by atoms with Crippen LogP contribution in [0.2, 0.25) is 0 Å². The van der Waals surface area contributed by atoms with E-state index in [1.165, 1.54) is 24.3 Å². The molecule has 216 valence electrons. The van der Waals surface area contributed by atoms with E-state index in [9.17, 15) is 17.6 Å². The van der Waals surface area contributed by atoms with Gasteiger partial charge in [0.1, 0.15) is 17.2 Å². The summed E-state index contributed by atoms with van der Waals surface area (Å²) in [4.78, 5) is 22.0. The summed E-state index contributed by atoms with van der Waals surface area (Å²) >= 11 is 0. The van der Waals surface area contributed by atoms with E-state index in [0.29, 0.717) is 19.3 Å². The number of nitrogens with zero attached hydrogens (tertiary/aromatic N) is 3. The smallest absolute Gasteiger partial charge is 0.328 e. The third-order valence-corrected chi connectivity index (χ3v) is 8.35. The van der Waals surface area contributed by atoms with Crippen LogP contribution in [0.4, 0.5) is 9.18 Å². The van der Waals surface area contributed by atoms with Crippen molar-refractivity contribution in [1.82, 2.24) is 24.6 Å². The van der Waals surface area contributed by atoms with Crippen molar-refractivity contribution < 1.29 is 17.6 Å². The van der Waals surface area contributed by atoms with Gasteiger partial charge in [-0.2, -0.15) is 0 Å². The number of urea groups is 1. The molecule has 2 amide bonds. The third kappa shape index (κ3) is 6.66. The fourth-order valence-electron chi connectivity index (χ4n) is 4.82. The lowest BCUT2D eigenvalue weighted by Crippen LogP contribution is -2.40. The number of carbonyl (C=O) groups excluding carboxylic acids is 1. The SMILES string of the molecule is Cc1ccc(S(=O)(=O)NC(=O)NCCc2ccc(-n3c(CCc4ccc(F)cc4)nc4c(C)cc(C)nc43)cc2)cc1. The lowest BCUT2D eigenvalue weighted by atomic mass is 10.1. The number of nitrogens with one attached hydrogen (secondary N) is 2. The molecule has 0 bridgehead atoms. The second kappa shape index (κ2) is 12.1. The van der Waals surface area contributed by atoms with Gasteiger partial charge in [-0.1, -0.05) is 42.0 Å². The molecule has 0 radical (unpaired) electrons. The van der Waals surface area contributed by atoms with Crippen molar-refractivity contribution >= 4 is 27.2 Å². The first kappa shape index (κ1) is 28.9. The Balaban J connectivity index is 1.28. The second-order valence-electron chi connectivity index (χ2n) is 10.3. The molecular formula is C32H32FN5O3S. The number of rotatable bonds is 9. The molecule has 10 heteroatoms. The molecular weight excluding hydrogens is 553 g/mol. The highest BCUT2D eigenvalue weighted by molar-refractivity contribution is 7.90. The standard InChI is InChI=1S/C32H32FN5O3S/c1-21-4-15-28(16-5-21)42(40,41)37-32(39)34-19-18-25-8-13-27(14-9-25)38-29(17-10-24-6-11-26(33)12-7-24)36-30-22(2)20-23(3)35-31(30)38/h4-9,11-16,20H,10,17-19H2,1-3H3,(H2,34,37,39). The molecule has 0 saturated carbocycles. The Morgan fingerprint density at radius 2 is 1.48 bits per heavy atom. The molecule has 3 aromatic carbocycles. The lowest BCUT2D eigenvalue weighted by molar-refractivity contribution is 0.246. The summed E-state index contributed by atoms with van der Waals surface area (Å²) in [6, 6.07) is 21.9. The second-order valence-corrected chi connectivity index (χ2v) is 12.0. The number of fused-ring (bicyclic) bond motifs is 1. The number of hydrogen-bond donors (Lipinski definition) is 2. The van der Waals surface area contributed by atoms with Crippen LogP contribution in [-0.2, 0) is 29.3 Å². The van der Waals surface area contributed by atoms with Crippen LogP contribution in [0.1, 0.15) is 33.8 Å². The fraction of sp³-hybridized carbons (Fsp3) is 0.219. The molecule has 0 aliphatic rings. The van der Waals surface area contributed by atoms with Crippen LogP contribution in [0.5, 0.6) is 0 Å². The molecule has 0 aliphatic heterocycles. The predicted molar refractivity (Wildman–Crippen MR) is 161 cm³/mol. The first-order valence-electron chi connectivity index (χ1n) is 13.7. The van der Waals surface area contributed by atoms with Crippen LogP contribution in [0, 0.1) is 26.6 Å². The Hall–Kier alpha value is -4.57. The number of aromatic nitrogens is 3. The van der Waals surface area contributed by atoms with E-state index in [0.717, 1.165) is 50.6 Å². The molecule has 0 aliphatic carbocycles. The van der Waals surface area contributed by atoms with E-state index in [1.54, 1.807) is 24.3 Å². The Morgan fingerprint density at radius 3 is 2.17 bits per heavy atom. The fourth-order valence-corrected chi connectivity index (χ4v) is 5.75. The Bertz CT molecular complexity index is 1830. The summed E-state index contributed by atoms with van der Waals surface area (Å²) in [6.45, 7) is 6.09. The topological polar surface area (TPSA) is 106 Å². The van der Waals surface area contributed by atoms with Gasteiger partial charge in [-0.15, -0.1) is 0 Å². The van der Waals surface area contributed by atoms with E-state index in [-0.39, 0.29) is 17.3 Å². The quantitative estimate of drug-likeness (QED) is 0.238. The maximum atomic E-state index is 13.4. The zero-order valence-corrected chi connectivity index (χ0v) is 24.5. The summed E-state index contributed by atoms with van der Waals surface area (Å²) in [6.07, 6.45) is 1.86. The molecule has 5 aromatic rings. The van der Waals surface area contributed by atoms with Crippen molar-refractivity contribution in [1.29, 1.82) is 0 Å². The molecule has 2 N–H and O–H groups in total. The van der Waals surface area contributed by atoms with Gasteiger partial charge in [0, 0.05) is 24.3 Å². The highest BCUT2D eigenvalue weighted by Gasteiger charge is 2.18. The zero-order chi connectivity index (χ0) is 29.9. The number of imidazole rings is 1. The van der Waals surface area contributed by atoms with Gasteiger partial charge in [0.2, 0.25) is 0 Å². The highest BCUT2D eigenvalue weighted by atomic mass is 32.2. The Kier molecular flexibility index (Phi) is 8.35. The molecule has 0 atom stereocenters. The normalized spacial score (nSPS) is 11.5. The monoisotopic (exact) mass is 585 g/mol. The van der Waals surface area contributed by atoms with Gasteiger partial charge < -0.3 is 5.32 Å². The van der Waals surface area contributed by atoms with Crippen molar-refractivity contribution in [3.63, 3.8) is 0 Å². The number of carbonyl (C=O) groups is 1. The number of aryl methyl sites for hydroxylation is 5. The molecule has 8 nitrogen and oxygen atoms in total. The van der Waals surface area contributed by atoms with E-state index < -0.39 is 16.1 Å². The summed E-state index contributed by atoms with van der Waals surface area (Å²) in [5.74, 6) is 0.598. The number of amides is 2. The van der Waals surface area contributed by atoms with E-state index in [2.05, 4.69) is 14.6 Å². The number of pyridine rings is 1. The summed E-state index contributed by atoms with van der Waals surface area (Å²) in [5, 5.41) is 2.61. The van der Waals surface area contributed by atoms with Gasteiger partial charge in [0.05, 0.1) is 4.90 Å². The van der Waals surface area contributed by atoms with E-state index >= 15 is 0 Å². The highest BCUT2D eigenvalue weighted by Crippen LogP contribution is 2.25. The number of halogens is 1. The third-order valence-electron chi connectivity index (χ3n) is 7.01. The first-order chi connectivity index (χ1) is 20.1. The van der Waals surface area contributed by atoms with Crippen molar-refractivity contribution in [2.45, 2.75) is 44.9 Å². The molecule has 5 rings (SSSR count). The van der Waals surface area contributed by atoms with Crippen LogP contribution >= 0.6 is 0 Å². The minimum atomic E-state index is -3.95. The van der Waals surface area contributed by atoms with Crippen LogP contribution in [0.3, 0.4) is 0 Å². The van der Waals surface area contributed by atoms with Crippen LogP contribution in [0.25, 0.3) is 16.9 Å².